The van der Waals surface area contributed by atoms with Crippen LogP contribution in [0.5, 0.6) is 0 Å². The van der Waals surface area contributed by atoms with Crippen molar-refractivity contribution in [1.82, 2.24) is 0 Å². The molecule has 1 rings (SSSR count). The Hall–Kier alpha value is -0.570. The minimum atomic E-state index is -0.170. The molecule has 14 heavy (non-hydrogen) atoms. The lowest BCUT2D eigenvalue weighted by Gasteiger charge is -2.22. The van der Waals surface area contributed by atoms with Crippen molar-refractivity contribution < 1.29 is 4.39 Å². The van der Waals surface area contributed by atoms with Gasteiger partial charge in [0.05, 0.1) is 5.69 Å². The molecule has 0 saturated heterocycles. The van der Waals surface area contributed by atoms with Crippen molar-refractivity contribution in [2.75, 3.05) is 18.5 Å². The Bertz CT molecular complexity index is 312. The molecule has 0 radical (unpaired) electrons. The van der Waals surface area contributed by atoms with Crippen LogP contribution in [0.15, 0.2) is 22.7 Å². The van der Waals surface area contributed by atoms with E-state index in [1.165, 1.54) is 6.07 Å². The predicted octanol–water partition coefficient (Wildman–Crippen LogP) is 3.68. The van der Waals surface area contributed by atoms with E-state index >= 15 is 0 Å². The molecule has 0 atom stereocenters. The van der Waals surface area contributed by atoms with Crippen LogP contribution in [-0.4, -0.2) is 13.6 Å². The van der Waals surface area contributed by atoms with Gasteiger partial charge in [0.25, 0.3) is 0 Å². The van der Waals surface area contributed by atoms with Crippen molar-refractivity contribution in [2.45, 2.75) is 13.8 Å². The van der Waals surface area contributed by atoms with Gasteiger partial charge >= 0.3 is 0 Å². The smallest absolute Gasteiger partial charge is 0.146 e. The van der Waals surface area contributed by atoms with Crippen molar-refractivity contribution >= 4 is 21.6 Å². The topological polar surface area (TPSA) is 3.24 Å². The Labute approximate surface area is 93.0 Å². The molecule has 0 spiro atoms. The first-order valence-corrected chi connectivity index (χ1v) is 5.46. The molecule has 0 heterocycles. The normalized spacial score (nSPS) is 10.7. The summed E-state index contributed by atoms with van der Waals surface area (Å²) in [5.41, 5.74) is 0.646. The van der Waals surface area contributed by atoms with Gasteiger partial charge in [0.2, 0.25) is 0 Å². The van der Waals surface area contributed by atoms with Gasteiger partial charge in [0, 0.05) is 18.1 Å². The minimum absolute atomic E-state index is 0.170. The molecule has 1 aromatic carbocycles. The van der Waals surface area contributed by atoms with Gasteiger partial charge < -0.3 is 4.90 Å². The van der Waals surface area contributed by atoms with Crippen LogP contribution in [0, 0.1) is 11.7 Å². The SMILES string of the molecule is CC(C)CN(C)c1cc(Br)ccc1F. The first-order valence-electron chi connectivity index (χ1n) is 4.67. The van der Waals surface area contributed by atoms with E-state index in [1.807, 2.05) is 11.9 Å². The highest BCUT2D eigenvalue weighted by molar-refractivity contribution is 9.10. The molecule has 78 valence electrons. The van der Waals surface area contributed by atoms with E-state index in [0.717, 1.165) is 11.0 Å². The summed E-state index contributed by atoms with van der Waals surface area (Å²) in [4.78, 5) is 1.94. The first-order chi connectivity index (χ1) is 6.50. The molecule has 0 aliphatic carbocycles. The summed E-state index contributed by atoms with van der Waals surface area (Å²) in [7, 11) is 1.91. The van der Waals surface area contributed by atoms with Crippen LogP contribution >= 0.6 is 15.9 Å². The van der Waals surface area contributed by atoms with Crippen LogP contribution in [0.4, 0.5) is 10.1 Å². The zero-order chi connectivity index (χ0) is 10.7. The number of benzene rings is 1. The molecular weight excluding hydrogens is 245 g/mol. The molecule has 1 nitrogen and oxygen atoms in total. The second-order valence-electron chi connectivity index (χ2n) is 3.87. The third-order valence-electron chi connectivity index (χ3n) is 1.96. The molecule has 3 heteroatoms. The predicted molar refractivity (Wildman–Crippen MR) is 62.2 cm³/mol. The lowest BCUT2D eigenvalue weighted by Crippen LogP contribution is -2.23. The molecule has 0 bridgehead atoms. The van der Waals surface area contributed by atoms with Crippen molar-refractivity contribution in [3.8, 4) is 0 Å². The summed E-state index contributed by atoms with van der Waals surface area (Å²) in [5.74, 6) is 0.356. The summed E-state index contributed by atoms with van der Waals surface area (Å²) in [6, 6.07) is 5.00. The Morgan fingerprint density at radius 3 is 2.64 bits per heavy atom. The standard InChI is InChI=1S/C11H15BrFN/c1-8(2)7-14(3)11-6-9(12)4-5-10(11)13/h4-6,8H,7H2,1-3H3. The van der Waals surface area contributed by atoms with E-state index in [4.69, 9.17) is 0 Å². The lowest BCUT2D eigenvalue weighted by molar-refractivity contribution is 0.599. The van der Waals surface area contributed by atoms with Crippen LogP contribution in [0.25, 0.3) is 0 Å². The van der Waals surface area contributed by atoms with E-state index < -0.39 is 0 Å². The molecule has 0 aromatic heterocycles. The molecule has 1 aromatic rings. The van der Waals surface area contributed by atoms with Crippen LogP contribution in [0.2, 0.25) is 0 Å². The van der Waals surface area contributed by atoms with Crippen LogP contribution in [0.3, 0.4) is 0 Å². The van der Waals surface area contributed by atoms with Gasteiger partial charge in [0.1, 0.15) is 5.82 Å². The monoisotopic (exact) mass is 259 g/mol. The highest BCUT2D eigenvalue weighted by atomic mass is 79.9. The van der Waals surface area contributed by atoms with Gasteiger partial charge in [-0.25, -0.2) is 4.39 Å². The summed E-state index contributed by atoms with van der Waals surface area (Å²) in [6.45, 7) is 5.09. The van der Waals surface area contributed by atoms with E-state index in [2.05, 4.69) is 29.8 Å². The Morgan fingerprint density at radius 1 is 1.43 bits per heavy atom. The number of hydrogen-bond donors (Lipinski definition) is 0. The second kappa shape index (κ2) is 4.78. The molecule has 0 fully saturated rings. The quantitative estimate of drug-likeness (QED) is 0.801. The maximum Gasteiger partial charge on any atom is 0.146 e. The lowest BCUT2D eigenvalue weighted by atomic mass is 10.2. The highest BCUT2D eigenvalue weighted by Gasteiger charge is 2.08. The summed E-state index contributed by atoms with van der Waals surface area (Å²) in [5, 5.41) is 0. The number of hydrogen-bond acceptors (Lipinski definition) is 1. The molecular formula is C11H15BrFN. The molecule has 0 amide bonds. The van der Waals surface area contributed by atoms with Crippen LogP contribution < -0.4 is 4.90 Å². The van der Waals surface area contributed by atoms with E-state index in [9.17, 15) is 4.39 Å². The third kappa shape index (κ3) is 2.98. The van der Waals surface area contributed by atoms with Gasteiger partial charge in [-0.3, -0.25) is 0 Å². The average Bonchev–Trinajstić information content (AvgIpc) is 2.08. The zero-order valence-corrected chi connectivity index (χ0v) is 10.3. The van der Waals surface area contributed by atoms with Crippen LogP contribution in [-0.2, 0) is 0 Å². The summed E-state index contributed by atoms with van der Waals surface area (Å²) >= 11 is 3.34. The summed E-state index contributed by atoms with van der Waals surface area (Å²) < 4.78 is 14.3. The highest BCUT2D eigenvalue weighted by Crippen LogP contribution is 2.23. The Kier molecular flexibility index (Phi) is 3.93. The van der Waals surface area contributed by atoms with E-state index in [0.29, 0.717) is 11.6 Å². The van der Waals surface area contributed by atoms with Gasteiger partial charge in [-0.2, -0.15) is 0 Å². The van der Waals surface area contributed by atoms with Crippen molar-refractivity contribution in [1.29, 1.82) is 0 Å². The zero-order valence-electron chi connectivity index (χ0n) is 8.72. The minimum Gasteiger partial charge on any atom is -0.372 e. The molecule has 0 saturated carbocycles. The summed E-state index contributed by atoms with van der Waals surface area (Å²) in [6.07, 6.45) is 0. The molecule has 0 aliphatic rings. The molecule has 0 unspecified atom stereocenters. The largest absolute Gasteiger partial charge is 0.372 e. The van der Waals surface area contributed by atoms with Gasteiger partial charge in [-0.1, -0.05) is 29.8 Å². The number of anilines is 1. The fraction of sp³-hybridized carbons (Fsp3) is 0.455. The van der Waals surface area contributed by atoms with Gasteiger partial charge in [0.15, 0.2) is 0 Å². The fourth-order valence-electron chi connectivity index (χ4n) is 1.42. The maximum absolute atomic E-state index is 13.4. The van der Waals surface area contributed by atoms with Crippen molar-refractivity contribution in [3.05, 3.63) is 28.5 Å². The molecule has 0 N–H and O–H groups in total. The van der Waals surface area contributed by atoms with E-state index in [1.54, 1.807) is 12.1 Å². The number of halogens is 2. The van der Waals surface area contributed by atoms with Gasteiger partial charge in [-0.15, -0.1) is 0 Å². The number of rotatable bonds is 3. The first kappa shape index (κ1) is 11.5. The Morgan fingerprint density at radius 2 is 2.07 bits per heavy atom. The Balaban J connectivity index is 2.88. The number of nitrogens with zero attached hydrogens (tertiary/aromatic N) is 1. The van der Waals surface area contributed by atoms with E-state index in [-0.39, 0.29) is 5.82 Å². The second-order valence-corrected chi connectivity index (χ2v) is 4.79. The van der Waals surface area contributed by atoms with Crippen molar-refractivity contribution in [3.63, 3.8) is 0 Å². The maximum atomic E-state index is 13.4. The average molecular weight is 260 g/mol. The molecule has 0 aliphatic heterocycles. The fourth-order valence-corrected chi connectivity index (χ4v) is 1.77. The van der Waals surface area contributed by atoms with Crippen LogP contribution in [0.1, 0.15) is 13.8 Å². The van der Waals surface area contributed by atoms with Gasteiger partial charge in [-0.05, 0) is 24.1 Å². The third-order valence-corrected chi connectivity index (χ3v) is 2.45. The van der Waals surface area contributed by atoms with Crippen molar-refractivity contribution in [2.24, 2.45) is 5.92 Å².